The quantitative estimate of drug-likeness (QED) is 0.292. The van der Waals surface area contributed by atoms with Gasteiger partial charge in [-0.15, -0.1) is 6.58 Å². The molecule has 0 saturated carbocycles. The molecule has 1 heterocycles. The number of ether oxygens (including phenoxy) is 1. The van der Waals surface area contributed by atoms with Gasteiger partial charge in [-0.3, -0.25) is 14.9 Å². The van der Waals surface area contributed by atoms with E-state index in [-0.39, 0.29) is 12.5 Å². The highest BCUT2D eigenvalue weighted by Crippen LogP contribution is 2.27. The number of amides is 4. The molecule has 0 radical (unpaired) electrons. The van der Waals surface area contributed by atoms with Crippen LogP contribution in [0.2, 0.25) is 0 Å². The fourth-order valence-corrected chi connectivity index (χ4v) is 3.17. The van der Waals surface area contributed by atoms with E-state index in [4.69, 9.17) is 4.74 Å². The van der Waals surface area contributed by atoms with Crippen molar-refractivity contribution in [2.75, 3.05) is 13.7 Å². The molecule has 0 spiro atoms. The second-order valence-electron chi connectivity index (χ2n) is 7.19. The number of hydrogen-bond donors (Lipinski definition) is 2. The van der Waals surface area contributed by atoms with Crippen LogP contribution in [-0.4, -0.2) is 42.4 Å². The number of carbonyl (C=O) groups is 3. The molecular formula is C24H27N3O4. The van der Waals surface area contributed by atoms with Crippen molar-refractivity contribution in [3.05, 3.63) is 65.8 Å². The average molecular weight is 421 g/mol. The van der Waals surface area contributed by atoms with Gasteiger partial charge in [0.2, 0.25) is 6.41 Å². The van der Waals surface area contributed by atoms with Gasteiger partial charge in [0.1, 0.15) is 11.3 Å². The third kappa shape index (κ3) is 6.34. The lowest BCUT2D eigenvalue weighted by atomic mass is 10.0. The molecule has 0 aliphatic carbocycles. The van der Waals surface area contributed by atoms with E-state index in [0.29, 0.717) is 30.7 Å². The van der Waals surface area contributed by atoms with Crippen LogP contribution in [0, 0.1) is 11.8 Å². The maximum atomic E-state index is 12.9. The van der Waals surface area contributed by atoms with Gasteiger partial charge in [0, 0.05) is 17.7 Å². The van der Waals surface area contributed by atoms with E-state index in [9.17, 15) is 14.4 Å². The van der Waals surface area contributed by atoms with Gasteiger partial charge in [-0.1, -0.05) is 42.2 Å². The maximum absolute atomic E-state index is 12.9. The van der Waals surface area contributed by atoms with Crippen molar-refractivity contribution in [3.63, 3.8) is 0 Å². The number of allylic oxidation sites excluding steroid dienone is 5. The molecule has 1 aliphatic rings. The summed E-state index contributed by atoms with van der Waals surface area (Å²) in [5.41, 5.74) is 1.13. The van der Waals surface area contributed by atoms with E-state index in [0.717, 1.165) is 11.1 Å². The van der Waals surface area contributed by atoms with Gasteiger partial charge in [0.25, 0.3) is 5.91 Å². The van der Waals surface area contributed by atoms with Gasteiger partial charge in [0.05, 0.1) is 13.7 Å². The van der Waals surface area contributed by atoms with Crippen LogP contribution in [-0.2, 0) is 11.3 Å². The van der Waals surface area contributed by atoms with Crippen LogP contribution < -0.4 is 15.4 Å². The number of imide groups is 1. The fourth-order valence-electron chi connectivity index (χ4n) is 3.17. The first-order valence-electron chi connectivity index (χ1n) is 9.80. The summed E-state index contributed by atoms with van der Waals surface area (Å²) in [6.45, 7) is 7.87. The zero-order valence-corrected chi connectivity index (χ0v) is 18.0. The molecule has 0 saturated heterocycles. The van der Waals surface area contributed by atoms with Crippen LogP contribution in [0.4, 0.5) is 4.79 Å². The molecule has 2 N–H and O–H groups in total. The summed E-state index contributed by atoms with van der Waals surface area (Å²) in [5, 5.41) is 4.76. The molecule has 31 heavy (non-hydrogen) atoms. The molecule has 1 aromatic rings. The van der Waals surface area contributed by atoms with Crippen LogP contribution in [0.1, 0.15) is 36.2 Å². The minimum absolute atomic E-state index is 0.132. The zero-order valence-electron chi connectivity index (χ0n) is 18.0. The van der Waals surface area contributed by atoms with Crippen LogP contribution in [0.5, 0.6) is 5.75 Å². The Morgan fingerprint density at radius 2 is 2.19 bits per heavy atom. The third-order valence-electron chi connectivity index (χ3n) is 4.64. The summed E-state index contributed by atoms with van der Waals surface area (Å²) in [7, 11) is 1.54. The monoisotopic (exact) mass is 421 g/mol. The number of fused-ring (bicyclic) bond motifs is 1. The number of hydrogen-bond acceptors (Lipinski definition) is 4. The molecule has 2 rings (SSSR count). The molecule has 7 heteroatoms. The summed E-state index contributed by atoms with van der Waals surface area (Å²) in [6, 6.07) is 4.66. The first kappa shape index (κ1) is 23.5. The second kappa shape index (κ2) is 10.8. The molecule has 0 aromatic heterocycles. The first-order valence-corrected chi connectivity index (χ1v) is 9.80. The Hall–Kier alpha value is -3.79. The van der Waals surface area contributed by atoms with Crippen molar-refractivity contribution in [2.45, 2.75) is 32.4 Å². The van der Waals surface area contributed by atoms with E-state index in [2.05, 4.69) is 29.1 Å². The summed E-state index contributed by atoms with van der Waals surface area (Å²) >= 11 is 0. The second-order valence-corrected chi connectivity index (χ2v) is 7.19. The van der Waals surface area contributed by atoms with Crippen molar-refractivity contribution in [2.24, 2.45) is 0 Å². The highest BCUT2D eigenvalue weighted by molar-refractivity contribution is 5.99. The molecule has 0 unspecified atom stereocenters. The lowest BCUT2D eigenvalue weighted by Crippen LogP contribution is -2.55. The fraction of sp³-hybridized carbons (Fsp3) is 0.292. The number of methoxy groups -OCH3 is 1. The Kier molecular flexibility index (Phi) is 8.21. The number of nitrogens with one attached hydrogen (secondary N) is 2. The maximum Gasteiger partial charge on any atom is 0.322 e. The zero-order chi connectivity index (χ0) is 22.9. The van der Waals surface area contributed by atoms with Gasteiger partial charge >= 0.3 is 6.03 Å². The number of benzene rings is 1. The number of urea groups is 1. The number of nitrogens with zero attached hydrogens (tertiary/aromatic N) is 1. The average Bonchev–Trinajstić information content (AvgIpc) is 3.04. The predicted octanol–water partition coefficient (Wildman–Crippen LogP) is 2.95. The summed E-state index contributed by atoms with van der Waals surface area (Å²) in [4.78, 5) is 37.3. The van der Waals surface area contributed by atoms with Crippen molar-refractivity contribution in [3.8, 4) is 17.6 Å². The van der Waals surface area contributed by atoms with Crippen LogP contribution in [0.3, 0.4) is 0 Å². The van der Waals surface area contributed by atoms with Gasteiger partial charge in [-0.2, -0.15) is 0 Å². The van der Waals surface area contributed by atoms with Gasteiger partial charge in [-0.25, -0.2) is 4.79 Å². The van der Waals surface area contributed by atoms with Crippen LogP contribution in [0.25, 0.3) is 0 Å². The molecule has 1 aliphatic heterocycles. The van der Waals surface area contributed by atoms with Crippen molar-refractivity contribution in [1.29, 1.82) is 0 Å². The third-order valence-corrected chi connectivity index (χ3v) is 4.64. The SMILES string of the molecule is C=CC/C(C#C[C@](C)(CN1Cc2ccc(OC)cc2C1=O)NC(=O)NC=O)=C\C=C/C. The number of rotatable bonds is 8. The normalized spacial score (nSPS) is 14.9. The lowest BCUT2D eigenvalue weighted by molar-refractivity contribution is -0.108. The Morgan fingerprint density at radius 3 is 2.84 bits per heavy atom. The van der Waals surface area contributed by atoms with Gasteiger partial charge in [0.15, 0.2) is 0 Å². The minimum Gasteiger partial charge on any atom is -0.497 e. The van der Waals surface area contributed by atoms with E-state index in [1.807, 2.05) is 31.2 Å². The Balaban J connectivity index is 2.33. The molecule has 0 bridgehead atoms. The van der Waals surface area contributed by atoms with Gasteiger partial charge < -0.3 is 15.0 Å². The predicted molar refractivity (Wildman–Crippen MR) is 119 cm³/mol. The smallest absolute Gasteiger partial charge is 0.322 e. The minimum atomic E-state index is -1.11. The molecular weight excluding hydrogens is 394 g/mol. The lowest BCUT2D eigenvalue weighted by Gasteiger charge is -2.30. The highest BCUT2D eigenvalue weighted by Gasteiger charge is 2.34. The van der Waals surface area contributed by atoms with E-state index in [1.165, 1.54) is 0 Å². The molecule has 7 nitrogen and oxygen atoms in total. The van der Waals surface area contributed by atoms with Crippen molar-refractivity contribution < 1.29 is 19.1 Å². The van der Waals surface area contributed by atoms with Gasteiger partial charge in [-0.05, 0) is 38.0 Å². The Labute approximate surface area is 182 Å². The van der Waals surface area contributed by atoms with E-state index < -0.39 is 11.6 Å². The largest absolute Gasteiger partial charge is 0.497 e. The molecule has 162 valence electrons. The summed E-state index contributed by atoms with van der Waals surface area (Å²) in [6.07, 6.45) is 8.20. The van der Waals surface area contributed by atoms with E-state index >= 15 is 0 Å². The standard InChI is InChI=1S/C24H27N3O4/c1-5-7-9-18(8-6-2)12-13-24(3,26-23(30)25-17-28)16-27-15-19-10-11-20(31-4)14-21(19)22(27)29/h5-7,9-11,14,17H,2,8,15-16H2,1,3-4H3,(H2,25,26,28,30)/b7-5-,18-9+/t24-/m1/s1. The molecule has 1 atom stereocenters. The van der Waals surface area contributed by atoms with Crippen molar-refractivity contribution in [1.82, 2.24) is 15.5 Å². The van der Waals surface area contributed by atoms with E-state index in [1.54, 1.807) is 37.1 Å². The molecule has 1 aromatic carbocycles. The highest BCUT2D eigenvalue weighted by atomic mass is 16.5. The summed E-state index contributed by atoms with van der Waals surface area (Å²) < 4.78 is 5.21. The Morgan fingerprint density at radius 1 is 1.42 bits per heavy atom. The number of carbonyl (C=O) groups excluding carboxylic acids is 3. The van der Waals surface area contributed by atoms with Crippen LogP contribution >= 0.6 is 0 Å². The van der Waals surface area contributed by atoms with Crippen molar-refractivity contribution >= 4 is 18.3 Å². The summed E-state index contributed by atoms with van der Waals surface area (Å²) in [5.74, 6) is 6.57. The molecule has 4 amide bonds. The topological polar surface area (TPSA) is 87.7 Å². The Bertz CT molecular complexity index is 984. The van der Waals surface area contributed by atoms with Crippen LogP contribution in [0.15, 0.2) is 54.7 Å². The first-order chi connectivity index (χ1) is 14.9. The molecule has 0 fully saturated rings.